The van der Waals surface area contributed by atoms with Gasteiger partial charge in [0, 0.05) is 22.4 Å². The summed E-state index contributed by atoms with van der Waals surface area (Å²) < 4.78 is 12.1. The summed E-state index contributed by atoms with van der Waals surface area (Å²) in [7, 11) is -0.171. The Hall–Kier alpha value is -0.883. The highest BCUT2D eigenvalue weighted by Gasteiger charge is 2.41. The molecule has 2 aromatic rings. The molecule has 2 rings (SSSR count). The van der Waals surface area contributed by atoms with Crippen molar-refractivity contribution in [3.05, 3.63) is 33.6 Å². The fourth-order valence-electron chi connectivity index (χ4n) is 2.64. The molecule has 0 unspecified atom stereocenters. The second kappa shape index (κ2) is 7.62. The van der Waals surface area contributed by atoms with E-state index in [1.165, 1.54) is 0 Å². The zero-order valence-electron chi connectivity index (χ0n) is 17.1. The van der Waals surface area contributed by atoms with Crippen LogP contribution in [0.5, 0.6) is 5.75 Å². The van der Waals surface area contributed by atoms with Gasteiger partial charge in [0.05, 0.1) is 23.4 Å². The number of thiazole rings is 1. The van der Waals surface area contributed by atoms with Gasteiger partial charge < -0.3 is 9.16 Å². The van der Waals surface area contributed by atoms with E-state index in [-0.39, 0.29) is 10.6 Å². The van der Waals surface area contributed by atoms with Gasteiger partial charge in [-0.2, -0.15) is 0 Å². The third kappa shape index (κ3) is 5.09. The van der Waals surface area contributed by atoms with Crippen LogP contribution in [0, 0.1) is 0 Å². The van der Waals surface area contributed by atoms with E-state index in [0.717, 1.165) is 28.4 Å². The van der Waals surface area contributed by atoms with Crippen molar-refractivity contribution in [2.45, 2.75) is 64.8 Å². The molecule has 0 bridgehead atoms. The first-order valence-corrected chi connectivity index (χ1v) is 13.0. The number of benzene rings is 1. The molecule has 1 heterocycles. The number of halogens is 1. The van der Waals surface area contributed by atoms with Crippen LogP contribution in [0.4, 0.5) is 0 Å². The molecule has 0 saturated carbocycles. The molecule has 0 spiro atoms. The molecule has 1 aromatic carbocycles. The van der Waals surface area contributed by atoms with Crippen LogP contribution in [0.2, 0.25) is 23.2 Å². The molecule has 0 saturated heterocycles. The average Bonchev–Trinajstić information content (AvgIpc) is 2.92. The normalized spacial score (nSPS) is 13.1. The van der Waals surface area contributed by atoms with Crippen molar-refractivity contribution in [2.75, 3.05) is 7.11 Å². The van der Waals surface area contributed by atoms with Gasteiger partial charge in [0.2, 0.25) is 0 Å². The molecule has 0 aliphatic rings. The quantitative estimate of drug-likeness (QED) is 0.489. The van der Waals surface area contributed by atoms with Gasteiger partial charge in [-0.3, -0.25) is 0 Å². The van der Waals surface area contributed by atoms with Crippen LogP contribution in [0.3, 0.4) is 0 Å². The summed E-state index contributed by atoms with van der Waals surface area (Å²) >= 11 is 7.81. The molecular weight excluding hydrogens is 382 g/mol. The van der Waals surface area contributed by atoms with Crippen LogP contribution < -0.4 is 4.74 Å². The lowest BCUT2D eigenvalue weighted by Gasteiger charge is -2.42. The number of aromatic nitrogens is 1. The van der Waals surface area contributed by atoms with Crippen molar-refractivity contribution in [3.63, 3.8) is 0 Å². The van der Waals surface area contributed by atoms with Crippen LogP contribution in [0.15, 0.2) is 23.6 Å². The van der Waals surface area contributed by atoms with E-state index in [4.69, 9.17) is 25.7 Å². The summed E-state index contributed by atoms with van der Waals surface area (Å²) in [5.74, 6) is 0.781. The molecule has 6 heteroatoms. The summed E-state index contributed by atoms with van der Waals surface area (Å²) in [5.41, 5.74) is 1.56. The molecule has 0 atom stereocenters. The fourth-order valence-corrected chi connectivity index (χ4v) is 5.58. The second-order valence-electron chi connectivity index (χ2n) is 8.77. The van der Waals surface area contributed by atoms with Gasteiger partial charge in [-0.1, -0.05) is 32.4 Å². The first kappa shape index (κ1) is 21.4. The minimum atomic E-state index is -1.83. The SMILES string of the molecule is COc1ccc(Cl)cc1-c1csc(CC(C)(C)O[Si](C)(C)C(C)(C)C)n1. The van der Waals surface area contributed by atoms with E-state index in [1.807, 2.05) is 18.2 Å². The van der Waals surface area contributed by atoms with Gasteiger partial charge in [0.1, 0.15) is 5.75 Å². The standard InChI is InChI=1S/C20H30ClNO2SSi/c1-19(2,3)26(7,8)24-20(4,5)12-18-22-16(13-25-18)15-11-14(21)9-10-17(15)23-6/h9-11,13H,12H2,1-8H3. The van der Waals surface area contributed by atoms with E-state index < -0.39 is 8.32 Å². The van der Waals surface area contributed by atoms with E-state index in [0.29, 0.717) is 5.02 Å². The first-order valence-electron chi connectivity index (χ1n) is 8.83. The summed E-state index contributed by atoms with van der Waals surface area (Å²) in [5, 5.41) is 3.99. The van der Waals surface area contributed by atoms with Crippen LogP contribution in [0.25, 0.3) is 11.3 Å². The van der Waals surface area contributed by atoms with Crippen molar-refractivity contribution in [2.24, 2.45) is 0 Å². The van der Waals surface area contributed by atoms with E-state index in [2.05, 4.69) is 53.1 Å². The van der Waals surface area contributed by atoms with Gasteiger partial charge >= 0.3 is 0 Å². The highest BCUT2D eigenvalue weighted by atomic mass is 35.5. The smallest absolute Gasteiger partial charge is 0.192 e. The highest BCUT2D eigenvalue weighted by Crippen LogP contribution is 2.40. The monoisotopic (exact) mass is 411 g/mol. The molecule has 144 valence electrons. The largest absolute Gasteiger partial charge is 0.496 e. The van der Waals surface area contributed by atoms with Crippen LogP contribution in [-0.2, 0) is 10.8 Å². The summed E-state index contributed by atoms with van der Waals surface area (Å²) in [4.78, 5) is 4.82. The van der Waals surface area contributed by atoms with E-state index in [1.54, 1.807) is 18.4 Å². The van der Waals surface area contributed by atoms with Gasteiger partial charge in [0.15, 0.2) is 8.32 Å². The summed E-state index contributed by atoms with van der Waals surface area (Å²) in [6, 6.07) is 5.60. The Balaban J connectivity index is 2.22. The number of methoxy groups -OCH3 is 1. The molecule has 3 nitrogen and oxygen atoms in total. The Morgan fingerprint density at radius 3 is 2.38 bits per heavy atom. The number of hydrogen-bond acceptors (Lipinski definition) is 4. The molecule has 0 fully saturated rings. The van der Waals surface area contributed by atoms with Crippen molar-refractivity contribution < 1.29 is 9.16 Å². The second-order valence-corrected chi connectivity index (χ2v) is 14.9. The number of hydrogen-bond donors (Lipinski definition) is 0. The predicted octanol–water partition coefficient (Wildman–Crippen LogP) is 6.82. The fraction of sp³-hybridized carbons (Fsp3) is 0.550. The lowest BCUT2D eigenvalue weighted by atomic mass is 10.1. The number of ether oxygens (including phenoxy) is 1. The topological polar surface area (TPSA) is 31.4 Å². The average molecular weight is 412 g/mol. The van der Waals surface area contributed by atoms with E-state index >= 15 is 0 Å². The molecular formula is C20H30ClNO2SSi. The Labute approximate surface area is 167 Å². The molecule has 26 heavy (non-hydrogen) atoms. The zero-order chi connectivity index (χ0) is 19.8. The van der Waals surface area contributed by atoms with Crippen molar-refractivity contribution in [1.29, 1.82) is 0 Å². The minimum Gasteiger partial charge on any atom is -0.496 e. The van der Waals surface area contributed by atoms with E-state index in [9.17, 15) is 0 Å². The van der Waals surface area contributed by atoms with Gasteiger partial charge in [-0.05, 0) is 50.2 Å². The molecule has 0 aliphatic carbocycles. The van der Waals surface area contributed by atoms with Gasteiger partial charge in [0.25, 0.3) is 0 Å². The van der Waals surface area contributed by atoms with Crippen molar-refractivity contribution in [1.82, 2.24) is 4.98 Å². The summed E-state index contributed by atoms with van der Waals surface area (Å²) in [6.45, 7) is 15.7. The number of rotatable bonds is 6. The zero-order valence-corrected chi connectivity index (χ0v) is 19.6. The third-order valence-corrected chi connectivity index (χ3v) is 10.7. The highest BCUT2D eigenvalue weighted by molar-refractivity contribution is 7.10. The molecule has 1 aromatic heterocycles. The molecule has 0 aliphatic heterocycles. The lowest BCUT2D eigenvalue weighted by molar-refractivity contribution is 0.0920. The number of nitrogens with zero attached hydrogens (tertiary/aromatic N) is 1. The van der Waals surface area contributed by atoms with Gasteiger partial charge in [-0.15, -0.1) is 11.3 Å². The molecule has 0 N–H and O–H groups in total. The maximum absolute atomic E-state index is 6.63. The predicted molar refractivity (Wildman–Crippen MR) is 115 cm³/mol. The van der Waals surface area contributed by atoms with Crippen LogP contribution in [-0.4, -0.2) is 26.0 Å². The maximum atomic E-state index is 6.63. The summed E-state index contributed by atoms with van der Waals surface area (Å²) in [6.07, 6.45) is 0.785. The third-order valence-electron chi connectivity index (χ3n) is 4.90. The molecule has 0 radical (unpaired) electrons. The van der Waals surface area contributed by atoms with Crippen molar-refractivity contribution in [3.8, 4) is 17.0 Å². The minimum absolute atomic E-state index is 0.187. The molecule has 0 amide bonds. The Morgan fingerprint density at radius 1 is 1.15 bits per heavy atom. The van der Waals surface area contributed by atoms with Gasteiger partial charge in [-0.25, -0.2) is 4.98 Å². The first-order chi connectivity index (χ1) is 11.8. The Bertz CT molecular complexity index is 765. The van der Waals surface area contributed by atoms with Crippen LogP contribution in [0.1, 0.15) is 39.6 Å². The Morgan fingerprint density at radius 2 is 1.81 bits per heavy atom. The maximum Gasteiger partial charge on any atom is 0.192 e. The van der Waals surface area contributed by atoms with Crippen LogP contribution >= 0.6 is 22.9 Å². The lowest BCUT2D eigenvalue weighted by Crippen LogP contribution is -2.48. The van der Waals surface area contributed by atoms with Crippen molar-refractivity contribution >= 4 is 31.3 Å². The Kier molecular flexibility index (Phi) is 6.28.